The maximum Gasteiger partial charge on any atom is 0.256 e. The van der Waals surface area contributed by atoms with Crippen molar-refractivity contribution in [1.82, 2.24) is 24.5 Å². The number of H-pyrrole nitrogens is 1. The molecular formula is C14H15N5O3. The van der Waals surface area contributed by atoms with Crippen molar-refractivity contribution in [2.24, 2.45) is 7.05 Å². The number of carbonyl (C=O) groups excluding carboxylic acids is 1. The summed E-state index contributed by atoms with van der Waals surface area (Å²) >= 11 is 0. The van der Waals surface area contributed by atoms with Gasteiger partial charge in [-0.1, -0.05) is 6.07 Å². The van der Waals surface area contributed by atoms with Gasteiger partial charge in [0.15, 0.2) is 0 Å². The minimum atomic E-state index is -0.989. The van der Waals surface area contributed by atoms with Crippen molar-refractivity contribution in [3.8, 4) is 0 Å². The minimum absolute atomic E-state index is 0.0133. The number of hydrogen-bond donors (Lipinski definition) is 3. The third kappa shape index (κ3) is 2.51. The predicted octanol–water partition coefficient (Wildman–Crippen LogP) is -0.176. The zero-order valence-electron chi connectivity index (χ0n) is 11.9. The van der Waals surface area contributed by atoms with E-state index >= 15 is 0 Å². The zero-order chi connectivity index (χ0) is 15.7. The van der Waals surface area contributed by atoms with Crippen LogP contribution in [0.25, 0.3) is 5.65 Å². The standard InChI is InChI=1S/C14H15N5O3/c1-18-5-6-19-14(18)9(7-16-19)13(22)15-8-11(20)10-3-2-4-12(21)17-10/h2-7,11,20H,8H2,1H3,(H,15,22)(H,17,21). The van der Waals surface area contributed by atoms with Gasteiger partial charge in [0.1, 0.15) is 17.3 Å². The van der Waals surface area contributed by atoms with Crippen molar-refractivity contribution < 1.29 is 9.90 Å². The van der Waals surface area contributed by atoms with Crippen LogP contribution in [0.1, 0.15) is 22.2 Å². The number of nitrogens with zero attached hydrogens (tertiary/aromatic N) is 3. The molecule has 0 aromatic carbocycles. The van der Waals surface area contributed by atoms with Crippen LogP contribution in [0.15, 0.2) is 41.6 Å². The van der Waals surface area contributed by atoms with E-state index in [1.54, 1.807) is 33.6 Å². The molecule has 3 rings (SSSR count). The molecule has 0 bridgehead atoms. The van der Waals surface area contributed by atoms with Crippen LogP contribution in [0.5, 0.6) is 0 Å². The minimum Gasteiger partial charge on any atom is -0.385 e. The van der Waals surface area contributed by atoms with E-state index < -0.39 is 6.10 Å². The van der Waals surface area contributed by atoms with Gasteiger partial charge in [-0.25, -0.2) is 4.52 Å². The van der Waals surface area contributed by atoms with Gasteiger partial charge < -0.3 is 20.0 Å². The number of imidazole rings is 1. The Morgan fingerprint density at radius 2 is 2.27 bits per heavy atom. The molecule has 0 fully saturated rings. The van der Waals surface area contributed by atoms with Crippen molar-refractivity contribution in [3.63, 3.8) is 0 Å². The van der Waals surface area contributed by atoms with E-state index in [1.165, 1.54) is 12.3 Å². The van der Waals surface area contributed by atoms with E-state index in [0.717, 1.165) is 0 Å². The lowest BCUT2D eigenvalue weighted by atomic mass is 10.2. The van der Waals surface area contributed by atoms with E-state index in [0.29, 0.717) is 16.9 Å². The summed E-state index contributed by atoms with van der Waals surface area (Å²) < 4.78 is 3.38. The van der Waals surface area contributed by atoms with Crippen LogP contribution in [-0.2, 0) is 7.05 Å². The molecule has 8 heteroatoms. The number of fused-ring (bicyclic) bond motifs is 1. The summed E-state index contributed by atoms with van der Waals surface area (Å²) in [6.45, 7) is -0.0133. The maximum atomic E-state index is 12.2. The van der Waals surface area contributed by atoms with Crippen molar-refractivity contribution in [1.29, 1.82) is 0 Å². The van der Waals surface area contributed by atoms with E-state index in [1.807, 2.05) is 7.05 Å². The molecule has 8 nitrogen and oxygen atoms in total. The number of aromatic nitrogens is 4. The number of hydrogen-bond acceptors (Lipinski definition) is 4. The fourth-order valence-electron chi connectivity index (χ4n) is 2.26. The number of aliphatic hydroxyl groups is 1. The fourth-order valence-corrected chi connectivity index (χ4v) is 2.26. The molecule has 0 aliphatic heterocycles. The Bertz CT molecular complexity index is 876. The molecule has 1 atom stereocenters. The molecule has 0 aliphatic rings. The molecule has 3 heterocycles. The highest BCUT2D eigenvalue weighted by atomic mass is 16.3. The molecule has 0 aliphatic carbocycles. The number of aryl methyl sites for hydroxylation is 1. The SMILES string of the molecule is Cn1ccn2ncc(C(=O)NCC(O)c3cccc(=O)[nH]3)c12. The van der Waals surface area contributed by atoms with Gasteiger partial charge in [-0.3, -0.25) is 9.59 Å². The Kier molecular flexibility index (Phi) is 3.51. The van der Waals surface area contributed by atoms with E-state index in [-0.39, 0.29) is 18.0 Å². The van der Waals surface area contributed by atoms with Gasteiger partial charge in [0.25, 0.3) is 5.91 Å². The second kappa shape index (κ2) is 5.49. The van der Waals surface area contributed by atoms with Gasteiger partial charge in [-0.05, 0) is 6.07 Å². The lowest BCUT2D eigenvalue weighted by Crippen LogP contribution is -2.29. The van der Waals surface area contributed by atoms with Gasteiger partial charge in [0.05, 0.1) is 6.20 Å². The molecule has 0 saturated heterocycles. The van der Waals surface area contributed by atoms with E-state index in [4.69, 9.17) is 0 Å². The lowest BCUT2D eigenvalue weighted by Gasteiger charge is -2.11. The van der Waals surface area contributed by atoms with Crippen LogP contribution in [0.3, 0.4) is 0 Å². The quantitative estimate of drug-likeness (QED) is 0.622. The number of amides is 1. The highest BCUT2D eigenvalue weighted by molar-refractivity contribution is 5.99. The maximum absolute atomic E-state index is 12.2. The average Bonchev–Trinajstić information content (AvgIpc) is 3.08. The predicted molar refractivity (Wildman–Crippen MR) is 78.5 cm³/mol. The molecule has 3 N–H and O–H groups in total. The molecular weight excluding hydrogens is 286 g/mol. The first kappa shape index (κ1) is 14.1. The van der Waals surface area contributed by atoms with Crippen LogP contribution in [0.4, 0.5) is 0 Å². The summed E-state index contributed by atoms with van der Waals surface area (Å²) in [6.07, 6.45) is 4.03. The molecule has 0 saturated carbocycles. The largest absolute Gasteiger partial charge is 0.385 e. The Morgan fingerprint density at radius 3 is 3.05 bits per heavy atom. The van der Waals surface area contributed by atoms with Gasteiger partial charge in [0.2, 0.25) is 5.56 Å². The average molecular weight is 301 g/mol. The Morgan fingerprint density at radius 1 is 1.45 bits per heavy atom. The molecule has 22 heavy (non-hydrogen) atoms. The highest BCUT2D eigenvalue weighted by Crippen LogP contribution is 2.11. The molecule has 1 unspecified atom stereocenters. The first-order valence-electron chi connectivity index (χ1n) is 6.70. The van der Waals surface area contributed by atoms with Gasteiger partial charge in [0, 0.05) is 37.7 Å². The summed E-state index contributed by atoms with van der Waals surface area (Å²) in [6, 6.07) is 4.49. The molecule has 3 aromatic rings. The number of aromatic amines is 1. The number of nitrogens with one attached hydrogen (secondary N) is 2. The molecule has 3 aromatic heterocycles. The van der Waals surface area contributed by atoms with Crippen LogP contribution >= 0.6 is 0 Å². The second-order valence-corrected chi connectivity index (χ2v) is 4.93. The smallest absolute Gasteiger partial charge is 0.256 e. The van der Waals surface area contributed by atoms with Crippen LogP contribution < -0.4 is 10.9 Å². The first-order chi connectivity index (χ1) is 10.6. The highest BCUT2D eigenvalue weighted by Gasteiger charge is 2.16. The molecule has 1 amide bonds. The van der Waals surface area contributed by atoms with Crippen LogP contribution in [0, 0.1) is 0 Å². The normalized spacial score (nSPS) is 12.5. The second-order valence-electron chi connectivity index (χ2n) is 4.93. The first-order valence-corrected chi connectivity index (χ1v) is 6.70. The number of aliphatic hydroxyl groups excluding tert-OH is 1. The Balaban J connectivity index is 1.72. The summed E-state index contributed by atoms with van der Waals surface area (Å²) in [5.74, 6) is -0.339. The Hall–Kier alpha value is -2.87. The molecule has 0 spiro atoms. The number of carbonyl (C=O) groups is 1. The van der Waals surface area contributed by atoms with Crippen molar-refractivity contribution in [2.45, 2.75) is 6.10 Å². The van der Waals surface area contributed by atoms with Crippen molar-refractivity contribution in [3.05, 3.63) is 58.4 Å². The van der Waals surface area contributed by atoms with Gasteiger partial charge in [-0.15, -0.1) is 0 Å². The Labute approximate surface area is 125 Å². The summed E-state index contributed by atoms with van der Waals surface area (Å²) in [5, 5.41) is 16.7. The zero-order valence-corrected chi connectivity index (χ0v) is 11.9. The van der Waals surface area contributed by atoms with Crippen LogP contribution in [0.2, 0.25) is 0 Å². The monoisotopic (exact) mass is 301 g/mol. The van der Waals surface area contributed by atoms with Crippen LogP contribution in [-0.4, -0.2) is 36.7 Å². The van der Waals surface area contributed by atoms with Gasteiger partial charge in [-0.2, -0.15) is 5.10 Å². The fraction of sp³-hybridized carbons (Fsp3) is 0.214. The summed E-state index contributed by atoms with van der Waals surface area (Å²) in [7, 11) is 1.82. The van der Waals surface area contributed by atoms with E-state index in [2.05, 4.69) is 15.4 Å². The molecule has 114 valence electrons. The van der Waals surface area contributed by atoms with E-state index in [9.17, 15) is 14.7 Å². The topological polar surface area (TPSA) is 104 Å². The van der Waals surface area contributed by atoms with Crippen molar-refractivity contribution >= 4 is 11.6 Å². The third-order valence-corrected chi connectivity index (χ3v) is 3.39. The number of rotatable bonds is 4. The van der Waals surface area contributed by atoms with Gasteiger partial charge >= 0.3 is 0 Å². The third-order valence-electron chi connectivity index (χ3n) is 3.39. The lowest BCUT2D eigenvalue weighted by molar-refractivity contribution is 0.0915. The van der Waals surface area contributed by atoms with Crippen molar-refractivity contribution in [2.75, 3.05) is 6.54 Å². The number of pyridine rings is 1. The summed E-state index contributed by atoms with van der Waals surface area (Å²) in [4.78, 5) is 25.9. The summed E-state index contributed by atoms with van der Waals surface area (Å²) in [5.41, 5.74) is 1.14. The molecule has 0 radical (unpaired) electrons.